The molecule has 98 valence electrons. The van der Waals surface area contributed by atoms with E-state index in [2.05, 4.69) is 5.32 Å². The number of hydrogen-bond acceptors (Lipinski definition) is 4. The Morgan fingerprint density at radius 3 is 2.56 bits per heavy atom. The molecule has 0 saturated carbocycles. The number of rotatable bonds is 7. The summed E-state index contributed by atoms with van der Waals surface area (Å²) in [5.41, 5.74) is 0. The van der Waals surface area contributed by atoms with Gasteiger partial charge in [-0.3, -0.25) is 9.59 Å². The van der Waals surface area contributed by atoms with Crippen molar-refractivity contribution in [3.8, 4) is 0 Å². The third kappa shape index (κ3) is 4.96. The minimum atomic E-state index is -1.38. The number of nitrogens with one attached hydrogen (secondary N) is 1. The Kier molecular flexibility index (Phi) is 5.31. The van der Waals surface area contributed by atoms with Crippen molar-refractivity contribution in [3.63, 3.8) is 0 Å². The quantitative estimate of drug-likeness (QED) is 0.678. The lowest BCUT2D eigenvalue weighted by molar-refractivity contribution is -0.147. The van der Waals surface area contributed by atoms with Crippen LogP contribution >= 0.6 is 11.3 Å². The van der Waals surface area contributed by atoms with E-state index in [-0.39, 0.29) is 6.42 Å². The second kappa shape index (κ2) is 6.75. The summed E-state index contributed by atoms with van der Waals surface area (Å²) in [6, 6.07) is 2.37. The highest BCUT2D eigenvalue weighted by molar-refractivity contribution is 7.09. The van der Waals surface area contributed by atoms with Crippen molar-refractivity contribution in [2.45, 2.75) is 25.3 Å². The van der Waals surface area contributed by atoms with Crippen LogP contribution in [0.1, 0.15) is 17.7 Å². The van der Waals surface area contributed by atoms with Gasteiger partial charge in [0.2, 0.25) is 5.91 Å². The largest absolute Gasteiger partial charge is 0.481 e. The van der Waals surface area contributed by atoms with Crippen LogP contribution in [0.5, 0.6) is 0 Å². The molecule has 0 spiro atoms. The van der Waals surface area contributed by atoms with Gasteiger partial charge in [-0.1, -0.05) is 6.07 Å². The zero-order chi connectivity index (χ0) is 13.5. The van der Waals surface area contributed by atoms with Gasteiger partial charge in [-0.25, -0.2) is 4.79 Å². The minimum absolute atomic E-state index is 0.143. The summed E-state index contributed by atoms with van der Waals surface area (Å²) in [4.78, 5) is 33.6. The lowest BCUT2D eigenvalue weighted by Crippen LogP contribution is -2.42. The molecule has 1 unspecified atom stereocenters. The molecule has 18 heavy (non-hydrogen) atoms. The first-order valence-corrected chi connectivity index (χ1v) is 6.13. The Bertz CT molecular complexity index is 429. The molecule has 1 amide bonds. The number of amides is 1. The van der Waals surface area contributed by atoms with Gasteiger partial charge in [-0.15, -0.1) is 11.3 Å². The zero-order valence-corrected chi connectivity index (χ0v) is 10.3. The van der Waals surface area contributed by atoms with Crippen LogP contribution in [-0.2, 0) is 20.8 Å². The SMILES string of the molecule is O=C(O)CC(NC(=O)CCc1cccs1)C(=O)O. The molecule has 3 N–H and O–H groups in total. The summed E-state index contributed by atoms with van der Waals surface area (Å²) in [6.07, 6.45) is 0.0346. The first-order chi connectivity index (χ1) is 8.49. The molecular formula is C11H13NO5S. The molecule has 1 aromatic rings. The predicted molar refractivity (Wildman–Crippen MR) is 64.5 cm³/mol. The van der Waals surface area contributed by atoms with Crippen molar-refractivity contribution in [2.24, 2.45) is 0 Å². The van der Waals surface area contributed by atoms with Crippen molar-refractivity contribution in [3.05, 3.63) is 22.4 Å². The van der Waals surface area contributed by atoms with Crippen LogP contribution in [-0.4, -0.2) is 34.1 Å². The van der Waals surface area contributed by atoms with E-state index in [4.69, 9.17) is 10.2 Å². The number of aryl methyl sites for hydroxylation is 1. The van der Waals surface area contributed by atoms with Crippen molar-refractivity contribution in [1.29, 1.82) is 0 Å². The van der Waals surface area contributed by atoms with Crippen LogP contribution in [0.15, 0.2) is 17.5 Å². The van der Waals surface area contributed by atoms with Crippen LogP contribution in [0.25, 0.3) is 0 Å². The summed E-state index contributed by atoms with van der Waals surface area (Å²) in [5.74, 6) is -3.07. The van der Waals surface area contributed by atoms with Crippen molar-refractivity contribution < 1.29 is 24.6 Å². The monoisotopic (exact) mass is 271 g/mol. The standard InChI is InChI=1S/C11H13NO5S/c13-9(4-3-7-2-1-5-18-7)12-8(11(16)17)6-10(14)15/h1-2,5,8H,3-4,6H2,(H,12,13)(H,14,15)(H,16,17). The Morgan fingerprint density at radius 2 is 2.06 bits per heavy atom. The molecule has 1 rings (SSSR count). The van der Waals surface area contributed by atoms with Gasteiger partial charge < -0.3 is 15.5 Å². The van der Waals surface area contributed by atoms with E-state index in [1.807, 2.05) is 17.5 Å². The van der Waals surface area contributed by atoms with Gasteiger partial charge in [0.25, 0.3) is 0 Å². The van der Waals surface area contributed by atoms with E-state index in [1.165, 1.54) is 11.3 Å². The van der Waals surface area contributed by atoms with Crippen molar-refractivity contribution in [1.82, 2.24) is 5.32 Å². The van der Waals surface area contributed by atoms with E-state index in [9.17, 15) is 14.4 Å². The summed E-state index contributed by atoms with van der Waals surface area (Å²) < 4.78 is 0. The molecule has 1 heterocycles. The summed E-state index contributed by atoms with van der Waals surface area (Å²) in [5, 5.41) is 21.3. The van der Waals surface area contributed by atoms with Gasteiger partial charge >= 0.3 is 11.9 Å². The number of carbonyl (C=O) groups is 3. The molecule has 0 bridgehead atoms. The number of carbonyl (C=O) groups excluding carboxylic acids is 1. The van der Waals surface area contributed by atoms with E-state index in [1.54, 1.807) is 0 Å². The molecule has 0 aliphatic heterocycles. The average molecular weight is 271 g/mol. The first kappa shape index (κ1) is 14.2. The molecule has 0 radical (unpaired) electrons. The highest BCUT2D eigenvalue weighted by Crippen LogP contribution is 2.10. The van der Waals surface area contributed by atoms with Gasteiger partial charge in [0.05, 0.1) is 6.42 Å². The Morgan fingerprint density at radius 1 is 1.33 bits per heavy atom. The topological polar surface area (TPSA) is 104 Å². The third-order valence-corrected chi connectivity index (χ3v) is 3.13. The van der Waals surface area contributed by atoms with E-state index in [0.717, 1.165) is 4.88 Å². The molecule has 1 atom stereocenters. The number of aliphatic carboxylic acids is 2. The van der Waals surface area contributed by atoms with Crippen LogP contribution in [0, 0.1) is 0 Å². The fraction of sp³-hybridized carbons (Fsp3) is 0.364. The molecule has 0 aliphatic rings. The zero-order valence-electron chi connectivity index (χ0n) is 9.46. The van der Waals surface area contributed by atoms with Gasteiger partial charge in [0.15, 0.2) is 0 Å². The maximum atomic E-state index is 11.5. The minimum Gasteiger partial charge on any atom is -0.481 e. The van der Waals surface area contributed by atoms with Gasteiger partial charge in [0.1, 0.15) is 6.04 Å². The molecule has 0 aromatic carbocycles. The van der Waals surface area contributed by atoms with Crippen LogP contribution < -0.4 is 5.32 Å². The summed E-state index contributed by atoms with van der Waals surface area (Å²) >= 11 is 1.51. The fourth-order valence-corrected chi connectivity index (χ4v) is 2.04. The lowest BCUT2D eigenvalue weighted by atomic mass is 10.2. The summed E-state index contributed by atoms with van der Waals surface area (Å²) in [6.45, 7) is 0. The van der Waals surface area contributed by atoms with Crippen molar-refractivity contribution in [2.75, 3.05) is 0 Å². The number of hydrogen-bond donors (Lipinski definition) is 3. The Labute approximate surface area is 107 Å². The smallest absolute Gasteiger partial charge is 0.326 e. The first-order valence-electron chi connectivity index (χ1n) is 5.25. The summed E-state index contributed by atoms with van der Waals surface area (Å²) in [7, 11) is 0. The number of carboxylic acid groups (broad SMARTS) is 2. The predicted octanol–water partition coefficient (Wildman–Crippen LogP) is 0.725. The maximum absolute atomic E-state index is 11.5. The molecule has 0 aliphatic carbocycles. The maximum Gasteiger partial charge on any atom is 0.326 e. The molecule has 0 saturated heterocycles. The van der Waals surface area contributed by atoms with Crippen LogP contribution in [0.2, 0.25) is 0 Å². The van der Waals surface area contributed by atoms with Gasteiger partial charge in [-0.05, 0) is 17.9 Å². The normalized spacial score (nSPS) is 11.8. The van der Waals surface area contributed by atoms with E-state index >= 15 is 0 Å². The second-order valence-corrected chi connectivity index (χ2v) is 4.67. The van der Waals surface area contributed by atoms with Gasteiger partial charge in [0, 0.05) is 11.3 Å². The Balaban J connectivity index is 2.41. The number of thiophene rings is 1. The molecule has 0 fully saturated rings. The molecule has 7 heteroatoms. The molecule has 6 nitrogen and oxygen atoms in total. The van der Waals surface area contributed by atoms with Crippen LogP contribution in [0.3, 0.4) is 0 Å². The highest BCUT2D eigenvalue weighted by atomic mass is 32.1. The fourth-order valence-electron chi connectivity index (χ4n) is 1.33. The van der Waals surface area contributed by atoms with E-state index in [0.29, 0.717) is 6.42 Å². The van der Waals surface area contributed by atoms with Crippen molar-refractivity contribution >= 4 is 29.2 Å². The Hall–Kier alpha value is -1.89. The lowest BCUT2D eigenvalue weighted by Gasteiger charge is -2.11. The molecular weight excluding hydrogens is 258 g/mol. The average Bonchev–Trinajstić information content (AvgIpc) is 2.77. The third-order valence-electron chi connectivity index (χ3n) is 2.19. The van der Waals surface area contributed by atoms with Gasteiger partial charge in [-0.2, -0.15) is 0 Å². The highest BCUT2D eigenvalue weighted by Gasteiger charge is 2.22. The van der Waals surface area contributed by atoms with Crippen LogP contribution in [0.4, 0.5) is 0 Å². The second-order valence-electron chi connectivity index (χ2n) is 3.64. The molecule has 1 aromatic heterocycles. The van der Waals surface area contributed by atoms with E-state index < -0.39 is 30.3 Å². The number of carboxylic acids is 2.